The predicted molar refractivity (Wildman–Crippen MR) is 42.4 cm³/mol. The fourth-order valence-corrected chi connectivity index (χ4v) is 0.958. The number of hydrogen-bond donors (Lipinski definition) is 1. The Morgan fingerprint density at radius 3 is 3.33 bits per heavy atom. The smallest absolute Gasteiger partial charge is 0.154 e. The van der Waals surface area contributed by atoms with Crippen molar-refractivity contribution in [2.24, 2.45) is 5.16 Å². The van der Waals surface area contributed by atoms with Crippen molar-refractivity contribution >= 4 is 11.9 Å². The summed E-state index contributed by atoms with van der Waals surface area (Å²) in [5, 5.41) is 15.1. The third-order valence-electron chi connectivity index (χ3n) is 1.47. The molecule has 0 aromatic carbocycles. The molecule has 2 aromatic rings. The van der Waals surface area contributed by atoms with Crippen LogP contribution in [0.5, 0.6) is 0 Å². The summed E-state index contributed by atoms with van der Waals surface area (Å²) in [6.07, 6.45) is 6.29. The zero-order chi connectivity index (χ0) is 8.39. The highest BCUT2D eigenvalue weighted by molar-refractivity contribution is 5.78. The standard InChI is InChI=1S/C7H6N4O/c12-10-4-6-3-8-7-1-2-9-11(7)5-6/h1-5,12H. The van der Waals surface area contributed by atoms with E-state index in [1.165, 1.54) is 6.21 Å². The van der Waals surface area contributed by atoms with Crippen molar-refractivity contribution < 1.29 is 5.21 Å². The summed E-state index contributed by atoms with van der Waals surface area (Å²) in [5.74, 6) is 0. The lowest BCUT2D eigenvalue weighted by atomic mass is 10.4. The Kier molecular flexibility index (Phi) is 1.48. The van der Waals surface area contributed by atoms with Crippen LogP contribution in [0.25, 0.3) is 5.65 Å². The minimum absolute atomic E-state index is 0.703. The van der Waals surface area contributed by atoms with Gasteiger partial charge >= 0.3 is 0 Å². The number of rotatable bonds is 1. The number of hydrogen-bond acceptors (Lipinski definition) is 4. The molecule has 0 fully saturated rings. The van der Waals surface area contributed by atoms with Crippen molar-refractivity contribution in [1.82, 2.24) is 14.6 Å². The van der Waals surface area contributed by atoms with Crippen molar-refractivity contribution in [1.29, 1.82) is 0 Å². The molecular weight excluding hydrogens is 156 g/mol. The number of fused-ring (bicyclic) bond motifs is 1. The minimum atomic E-state index is 0.703. The van der Waals surface area contributed by atoms with Crippen LogP contribution in [-0.4, -0.2) is 26.0 Å². The lowest BCUT2D eigenvalue weighted by Crippen LogP contribution is -1.92. The van der Waals surface area contributed by atoms with Gasteiger partial charge in [-0.05, 0) is 0 Å². The van der Waals surface area contributed by atoms with Crippen molar-refractivity contribution in [2.45, 2.75) is 0 Å². The van der Waals surface area contributed by atoms with Crippen molar-refractivity contribution in [3.63, 3.8) is 0 Å². The van der Waals surface area contributed by atoms with Crippen LogP contribution in [0.2, 0.25) is 0 Å². The van der Waals surface area contributed by atoms with Crippen LogP contribution in [0.1, 0.15) is 5.56 Å². The Morgan fingerprint density at radius 2 is 2.50 bits per heavy atom. The molecule has 0 bridgehead atoms. The Labute approximate surface area is 68.0 Å². The number of nitrogens with zero attached hydrogens (tertiary/aromatic N) is 4. The molecule has 2 rings (SSSR count). The summed E-state index contributed by atoms with van der Waals surface area (Å²) in [7, 11) is 0. The normalized spacial score (nSPS) is 11.3. The van der Waals surface area contributed by atoms with Crippen LogP contribution in [0.3, 0.4) is 0 Å². The molecule has 5 heteroatoms. The van der Waals surface area contributed by atoms with Crippen LogP contribution < -0.4 is 0 Å². The Morgan fingerprint density at radius 1 is 1.58 bits per heavy atom. The van der Waals surface area contributed by atoms with Crippen LogP contribution in [-0.2, 0) is 0 Å². The van der Waals surface area contributed by atoms with Gasteiger partial charge in [-0.15, -0.1) is 0 Å². The van der Waals surface area contributed by atoms with Crippen LogP contribution in [0, 0.1) is 0 Å². The van der Waals surface area contributed by atoms with Gasteiger partial charge in [-0.3, -0.25) is 0 Å². The third kappa shape index (κ3) is 1.01. The van der Waals surface area contributed by atoms with E-state index in [9.17, 15) is 0 Å². The molecule has 1 N–H and O–H groups in total. The third-order valence-corrected chi connectivity index (χ3v) is 1.47. The molecule has 0 saturated carbocycles. The summed E-state index contributed by atoms with van der Waals surface area (Å²) >= 11 is 0. The Balaban J connectivity index is 2.60. The molecule has 5 nitrogen and oxygen atoms in total. The largest absolute Gasteiger partial charge is 0.411 e. The molecule has 0 aliphatic carbocycles. The van der Waals surface area contributed by atoms with Gasteiger partial charge in [-0.2, -0.15) is 5.10 Å². The summed E-state index contributed by atoms with van der Waals surface area (Å²) in [6.45, 7) is 0. The van der Waals surface area contributed by atoms with Gasteiger partial charge in [0, 0.05) is 24.0 Å². The van der Waals surface area contributed by atoms with Gasteiger partial charge in [-0.1, -0.05) is 5.16 Å². The maximum Gasteiger partial charge on any atom is 0.154 e. The summed E-state index contributed by atoms with van der Waals surface area (Å²) in [5.41, 5.74) is 1.47. The van der Waals surface area contributed by atoms with Crippen molar-refractivity contribution in [3.8, 4) is 0 Å². The monoisotopic (exact) mass is 162 g/mol. The van der Waals surface area contributed by atoms with Gasteiger partial charge < -0.3 is 5.21 Å². The molecule has 0 unspecified atom stereocenters. The minimum Gasteiger partial charge on any atom is -0.411 e. The van der Waals surface area contributed by atoms with Gasteiger partial charge in [0.2, 0.25) is 0 Å². The second-order valence-corrected chi connectivity index (χ2v) is 2.27. The molecule has 0 aliphatic rings. The average Bonchev–Trinajstić information content (AvgIpc) is 2.51. The average molecular weight is 162 g/mol. The van der Waals surface area contributed by atoms with E-state index in [2.05, 4.69) is 15.2 Å². The molecule has 2 heterocycles. The SMILES string of the molecule is ON=Cc1cnc2ccnn2c1. The first-order valence-corrected chi connectivity index (χ1v) is 3.37. The van der Waals surface area contributed by atoms with E-state index in [0.29, 0.717) is 5.56 Å². The number of aromatic nitrogens is 3. The van der Waals surface area contributed by atoms with Crippen molar-refractivity contribution in [2.75, 3.05) is 0 Å². The molecule has 0 aliphatic heterocycles. The van der Waals surface area contributed by atoms with E-state index in [1.807, 2.05) is 0 Å². The molecule has 0 radical (unpaired) electrons. The van der Waals surface area contributed by atoms with Crippen LogP contribution >= 0.6 is 0 Å². The predicted octanol–water partition coefficient (Wildman–Crippen LogP) is 0.537. The first-order chi connectivity index (χ1) is 5.90. The lowest BCUT2D eigenvalue weighted by Gasteiger charge is -1.92. The van der Waals surface area contributed by atoms with Crippen LogP contribution in [0.15, 0.2) is 29.8 Å². The number of oxime groups is 1. The zero-order valence-corrected chi connectivity index (χ0v) is 6.12. The first-order valence-electron chi connectivity index (χ1n) is 3.37. The highest BCUT2D eigenvalue weighted by Gasteiger charge is 1.94. The van der Waals surface area contributed by atoms with E-state index in [1.54, 1.807) is 29.2 Å². The zero-order valence-electron chi connectivity index (χ0n) is 6.12. The first kappa shape index (κ1) is 6.78. The van der Waals surface area contributed by atoms with Gasteiger partial charge in [-0.25, -0.2) is 9.50 Å². The van der Waals surface area contributed by atoms with Crippen molar-refractivity contribution in [3.05, 3.63) is 30.2 Å². The molecule has 0 amide bonds. The van der Waals surface area contributed by atoms with E-state index in [-0.39, 0.29) is 0 Å². The van der Waals surface area contributed by atoms with E-state index >= 15 is 0 Å². The fourth-order valence-electron chi connectivity index (χ4n) is 0.958. The summed E-state index contributed by atoms with van der Waals surface area (Å²) in [4.78, 5) is 4.06. The highest BCUT2D eigenvalue weighted by atomic mass is 16.4. The van der Waals surface area contributed by atoms with Crippen LogP contribution in [0.4, 0.5) is 0 Å². The topological polar surface area (TPSA) is 62.8 Å². The molecule has 0 saturated heterocycles. The maximum atomic E-state index is 8.25. The summed E-state index contributed by atoms with van der Waals surface area (Å²) in [6, 6.07) is 1.79. The summed E-state index contributed by atoms with van der Waals surface area (Å²) < 4.78 is 1.61. The second kappa shape index (κ2) is 2.61. The molecule has 2 aromatic heterocycles. The highest BCUT2D eigenvalue weighted by Crippen LogP contribution is 1.98. The van der Waals surface area contributed by atoms with E-state index in [0.717, 1.165) is 5.65 Å². The van der Waals surface area contributed by atoms with E-state index in [4.69, 9.17) is 5.21 Å². The Hall–Kier alpha value is -1.91. The lowest BCUT2D eigenvalue weighted by molar-refractivity contribution is 0.322. The molecule has 0 spiro atoms. The molecule has 12 heavy (non-hydrogen) atoms. The Bertz CT molecular complexity index is 420. The van der Waals surface area contributed by atoms with Gasteiger partial charge in [0.1, 0.15) is 0 Å². The molecule has 0 atom stereocenters. The van der Waals surface area contributed by atoms with Gasteiger partial charge in [0.05, 0.1) is 12.4 Å². The fraction of sp³-hybridized carbons (Fsp3) is 0. The van der Waals surface area contributed by atoms with E-state index < -0.39 is 0 Å². The molecular formula is C7H6N4O. The quantitative estimate of drug-likeness (QED) is 0.378. The van der Waals surface area contributed by atoms with Gasteiger partial charge in [0.25, 0.3) is 0 Å². The second-order valence-electron chi connectivity index (χ2n) is 2.27. The van der Waals surface area contributed by atoms with Gasteiger partial charge in [0.15, 0.2) is 5.65 Å². The molecule has 60 valence electrons. The maximum absolute atomic E-state index is 8.25.